The van der Waals surface area contributed by atoms with Crippen LogP contribution in [0.5, 0.6) is 0 Å². The van der Waals surface area contributed by atoms with Crippen LogP contribution in [0.1, 0.15) is 126 Å². The van der Waals surface area contributed by atoms with E-state index in [0.717, 1.165) is 73.8 Å². The van der Waals surface area contributed by atoms with Crippen molar-refractivity contribution in [2.75, 3.05) is 0 Å². The van der Waals surface area contributed by atoms with Gasteiger partial charge in [0.15, 0.2) is 0 Å². The summed E-state index contributed by atoms with van der Waals surface area (Å²) in [4.78, 5) is 18.5. The van der Waals surface area contributed by atoms with Gasteiger partial charge in [0.2, 0.25) is 0 Å². The van der Waals surface area contributed by atoms with Crippen LogP contribution in [0.15, 0.2) is 24.3 Å². The average molecular weight is 586 g/mol. The van der Waals surface area contributed by atoms with Gasteiger partial charge in [0, 0.05) is 51.7 Å². The van der Waals surface area contributed by atoms with Crippen molar-refractivity contribution in [1.29, 1.82) is 0 Å². The summed E-state index contributed by atoms with van der Waals surface area (Å²) in [6, 6.07) is 8.89. The summed E-state index contributed by atoms with van der Waals surface area (Å²) in [6.07, 6.45) is 7.74. The second-order valence-electron chi connectivity index (χ2n) is 10.9. The predicted molar refractivity (Wildman–Crippen MR) is 173 cm³/mol. The van der Waals surface area contributed by atoms with E-state index in [9.17, 15) is 0 Å². The molecule has 5 heteroatoms. The Morgan fingerprint density at radius 1 is 0.488 bits per heavy atom. The predicted octanol–water partition coefficient (Wildman–Crippen LogP) is 10.0. The van der Waals surface area contributed by atoms with Crippen molar-refractivity contribution in [3.8, 4) is 0 Å². The fourth-order valence-corrected chi connectivity index (χ4v) is 7.07. The fraction of sp³-hybridized carbons (Fsp3) is 0.444. The van der Waals surface area contributed by atoms with Crippen LogP contribution in [0, 0.1) is 0 Å². The summed E-state index contributed by atoms with van der Waals surface area (Å²) < 4.78 is 0. The topological polar surface area (TPSA) is 57.4 Å². The summed E-state index contributed by atoms with van der Waals surface area (Å²) in [6.45, 7) is 18.2. The van der Waals surface area contributed by atoms with Gasteiger partial charge in [-0.3, -0.25) is 0 Å². The van der Waals surface area contributed by atoms with Gasteiger partial charge in [-0.2, -0.15) is 0 Å². The molecule has 0 spiro atoms. The Labute approximate surface area is 258 Å². The van der Waals surface area contributed by atoms with E-state index in [0.29, 0.717) is 0 Å². The second-order valence-corrected chi connectivity index (χ2v) is 10.9. The molecule has 215 valence electrons. The molecule has 41 heavy (non-hydrogen) atoms. The largest absolute Gasteiger partial charge is 0.355 e. The molecule has 0 aromatic carbocycles. The summed E-state index contributed by atoms with van der Waals surface area (Å²) >= 11 is 0. The van der Waals surface area contributed by atoms with Gasteiger partial charge in [-0.15, -0.1) is 0 Å². The van der Waals surface area contributed by atoms with Gasteiger partial charge in [0.05, 0.1) is 22.8 Å². The summed E-state index contributed by atoms with van der Waals surface area (Å²) in [5.74, 6) is 0. The number of aryl methyl sites for hydroxylation is 3. The van der Waals surface area contributed by atoms with Crippen LogP contribution < -0.4 is 0 Å². The minimum atomic E-state index is 0. The minimum absolute atomic E-state index is 0. The molecule has 2 aliphatic rings. The van der Waals surface area contributed by atoms with Crippen molar-refractivity contribution in [2.24, 2.45) is 0 Å². The van der Waals surface area contributed by atoms with Crippen LogP contribution in [0.3, 0.4) is 0 Å². The molecule has 2 N–H and O–H groups in total. The molecule has 5 heterocycles. The molecular weight excluding hydrogens is 539 g/mol. The number of aromatic amines is 2. The maximum atomic E-state index is 5.57. The molecular formula is C36H46N4V. The molecule has 2 aliphatic heterocycles. The Balaban J connectivity index is 0.00000387. The van der Waals surface area contributed by atoms with E-state index in [2.05, 4.69) is 89.6 Å². The molecule has 8 bridgehead atoms. The molecule has 0 saturated carbocycles. The number of rotatable bonds is 8. The maximum absolute atomic E-state index is 5.57. The summed E-state index contributed by atoms with van der Waals surface area (Å²) in [7, 11) is 0. The molecule has 5 rings (SSSR count). The number of nitrogens with one attached hydrogen (secondary N) is 2. The van der Waals surface area contributed by atoms with Crippen molar-refractivity contribution in [3.05, 3.63) is 69.3 Å². The number of nitrogens with zero attached hydrogens (tertiary/aromatic N) is 2. The second kappa shape index (κ2) is 13.0. The Morgan fingerprint density at radius 2 is 0.976 bits per heavy atom. The van der Waals surface area contributed by atoms with Gasteiger partial charge in [0.1, 0.15) is 0 Å². The van der Waals surface area contributed by atoms with E-state index in [1.165, 1.54) is 67.0 Å². The van der Waals surface area contributed by atoms with E-state index in [1.54, 1.807) is 0 Å². The minimum Gasteiger partial charge on any atom is -0.355 e. The SMILES string of the molecule is CCC1=C(CC)c2nc1cc1ccc(cc3[nH]c(c(CC)c4nc(c2CC)C(CC)=C4CC)c(CC)c3CC)[nH]1.[V]. The average Bonchev–Trinajstić information content (AvgIpc) is 3.73. The first kappa shape index (κ1) is 31.1. The third-order valence-corrected chi connectivity index (χ3v) is 8.91. The van der Waals surface area contributed by atoms with E-state index in [1.807, 2.05) is 0 Å². The Kier molecular flexibility index (Phi) is 9.87. The van der Waals surface area contributed by atoms with E-state index in [-0.39, 0.29) is 18.6 Å². The molecule has 0 unspecified atom stereocenters. The van der Waals surface area contributed by atoms with Gasteiger partial charge in [-0.1, -0.05) is 55.4 Å². The number of H-pyrrole nitrogens is 2. The van der Waals surface area contributed by atoms with Crippen molar-refractivity contribution < 1.29 is 18.6 Å². The molecule has 0 atom stereocenters. The molecule has 3 aromatic heterocycles. The Hall–Kier alpha value is -2.82. The normalized spacial score (nSPS) is 13.3. The monoisotopic (exact) mass is 585 g/mol. The van der Waals surface area contributed by atoms with E-state index >= 15 is 0 Å². The number of aromatic nitrogens is 4. The molecule has 1 radical (unpaired) electrons. The first-order valence-electron chi connectivity index (χ1n) is 15.7. The standard InChI is InChI=1S/C36H46N4.V/c1-9-23-25(11-3)33-29(15-7)35-27(13-5)28(14-6)36(40-35)30(16-8)34-26(12-4)24(10-2)32(39-34)20-22-18-17-21(37-22)19-31(23)38-33;/h17-20,37-38H,9-16H2,1-8H3;. The van der Waals surface area contributed by atoms with Crippen LogP contribution >= 0.6 is 0 Å². The third-order valence-electron chi connectivity index (χ3n) is 8.91. The maximum Gasteiger partial charge on any atom is 0.0726 e. The molecule has 0 fully saturated rings. The zero-order valence-corrected chi connectivity index (χ0v) is 27.7. The van der Waals surface area contributed by atoms with Gasteiger partial charge >= 0.3 is 0 Å². The zero-order chi connectivity index (χ0) is 28.6. The number of hydrogen-bond acceptors (Lipinski definition) is 2. The summed E-state index contributed by atoms with van der Waals surface area (Å²) in [5.41, 5.74) is 20.3. The zero-order valence-electron chi connectivity index (χ0n) is 26.3. The molecule has 0 aliphatic carbocycles. The van der Waals surface area contributed by atoms with Crippen LogP contribution in [0.25, 0.3) is 44.4 Å². The van der Waals surface area contributed by atoms with Crippen molar-refractivity contribution in [3.63, 3.8) is 0 Å². The van der Waals surface area contributed by atoms with E-state index < -0.39 is 0 Å². The molecule has 0 saturated heterocycles. The van der Waals surface area contributed by atoms with Gasteiger partial charge in [-0.05, 0) is 109 Å². The quantitative estimate of drug-likeness (QED) is 0.276. The molecule has 3 aromatic rings. The van der Waals surface area contributed by atoms with Crippen LogP contribution in [0.4, 0.5) is 0 Å². The Morgan fingerprint density at radius 3 is 1.51 bits per heavy atom. The number of allylic oxidation sites excluding steroid dienone is 4. The van der Waals surface area contributed by atoms with Crippen molar-refractivity contribution >= 4 is 44.4 Å². The third kappa shape index (κ3) is 5.19. The van der Waals surface area contributed by atoms with Crippen molar-refractivity contribution in [1.82, 2.24) is 19.9 Å². The van der Waals surface area contributed by atoms with Crippen molar-refractivity contribution in [2.45, 2.75) is 107 Å². The smallest absolute Gasteiger partial charge is 0.0726 e. The molecule has 0 amide bonds. The Bertz CT molecular complexity index is 1680. The fourth-order valence-electron chi connectivity index (χ4n) is 7.07. The van der Waals surface area contributed by atoms with Crippen LogP contribution in [-0.4, -0.2) is 19.9 Å². The first-order valence-corrected chi connectivity index (χ1v) is 15.7. The van der Waals surface area contributed by atoms with Crippen LogP contribution in [0.2, 0.25) is 0 Å². The van der Waals surface area contributed by atoms with Gasteiger partial charge < -0.3 is 9.97 Å². The molecule has 4 nitrogen and oxygen atoms in total. The van der Waals surface area contributed by atoms with Gasteiger partial charge in [0.25, 0.3) is 0 Å². The van der Waals surface area contributed by atoms with Gasteiger partial charge in [-0.25, -0.2) is 9.97 Å². The number of hydrogen-bond donors (Lipinski definition) is 2. The summed E-state index contributed by atoms with van der Waals surface area (Å²) in [5, 5.41) is 0. The van der Waals surface area contributed by atoms with Crippen LogP contribution in [-0.2, 0) is 44.2 Å². The first-order chi connectivity index (χ1) is 19.5. The number of fused-ring (bicyclic) bond motifs is 8. The van der Waals surface area contributed by atoms with E-state index in [4.69, 9.17) is 9.97 Å².